The minimum Gasteiger partial charge on any atom is -0.277 e. The molecule has 0 aliphatic heterocycles. The highest BCUT2D eigenvalue weighted by atomic mass is 16.2. The second kappa shape index (κ2) is 5.65. The normalized spacial score (nSPS) is 9.31. The van der Waals surface area contributed by atoms with Crippen molar-refractivity contribution in [1.29, 1.82) is 5.26 Å². The Labute approximate surface area is 75.2 Å². The van der Waals surface area contributed by atoms with E-state index in [4.69, 9.17) is 5.26 Å². The predicted octanol–water partition coefficient (Wildman–Crippen LogP) is 0.0765. The first-order chi connectivity index (χ1) is 6.15. The van der Waals surface area contributed by atoms with E-state index < -0.39 is 5.91 Å². The lowest BCUT2D eigenvalue weighted by atomic mass is 10.7. The summed E-state index contributed by atoms with van der Waals surface area (Å²) in [5, 5.41) is 16.3. The molecular formula is C6H9N5O2. The van der Waals surface area contributed by atoms with Crippen LogP contribution in [0.4, 0.5) is 0 Å². The van der Waals surface area contributed by atoms with E-state index in [9.17, 15) is 9.59 Å². The van der Waals surface area contributed by atoms with Gasteiger partial charge in [0, 0.05) is 13.5 Å². The maximum atomic E-state index is 10.6. The largest absolute Gasteiger partial charge is 0.277 e. The Morgan fingerprint density at radius 3 is 2.54 bits per heavy atom. The molecule has 0 atom stereocenters. The van der Waals surface area contributed by atoms with Gasteiger partial charge >= 0.3 is 0 Å². The number of nitriles is 1. The summed E-state index contributed by atoms with van der Waals surface area (Å²) in [6, 6.07) is 0. The van der Waals surface area contributed by atoms with Gasteiger partial charge in [-0.3, -0.25) is 9.59 Å². The van der Waals surface area contributed by atoms with Crippen LogP contribution in [0.2, 0.25) is 0 Å². The van der Waals surface area contributed by atoms with Gasteiger partial charge in [0.25, 0.3) is 5.91 Å². The first-order valence-electron chi connectivity index (χ1n) is 3.49. The second-order valence-electron chi connectivity index (χ2n) is 1.97. The third-order valence-electron chi connectivity index (χ3n) is 1.08. The number of hydrogen-bond acceptors (Lipinski definition) is 5. The van der Waals surface area contributed by atoms with Crippen LogP contribution in [0, 0.1) is 11.5 Å². The fraction of sp³-hybridized carbons (Fsp3) is 0.500. The Hall–Kier alpha value is -1.97. The van der Waals surface area contributed by atoms with Gasteiger partial charge in [-0.25, -0.2) is 5.01 Å². The molecule has 0 unspecified atom stereocenters. The maximum Gasteiger partial charge on any atom is 0.255 e. The van der Waals surface area contributed by atoms with Crippen LogP contribution >= 0.6 is 0 Å². The Morgan fingerprint density at radius 1 is 1.62 bits per heavy atom. The van der Waals surface area contributed by atoms with Gasteiger partial charge in [0.1, 0.15) is 0 Å². The molecule has 0 aliphatic carbocycles. The highest BCUT2D eigenvalue weighted by Crippen LogP contribution is 1.91. The lowest BCUT2D eigenvalue weighted by Gasteiger charge is -2.06. The highest BCUT2D eigenvalue weighted by Gasteiger charge is 2.05. The Morgan fingerprint density at radius 2 is 2.23 bits per heavy atom. The molecule has 0 saturated carbocycles. The van der Waals surface area contributed by atoms with Gasteiger partial charge in [0.2, 0.25) is 12.6 Å². The maximum absolute atomic E-state index is 10.6. The average molecular weight is 183 g/mol. The topological polar surface area (TPSA) is 89.1 Å². The smallest absolute Gasteiger partial charge is 0.255 e. The quantitative estimate of drug-likeness (QED) is 0.203. The van der Waals surface area contributed by atoms with Crippen LogP contribution in [0.3, 0.4) is 0 Å². The summed E-state index contributed by atoms with van der Waals surface area (Å²) >= 11 is 0. The van der Waals surface area contributed by atoms with E-state index in [0.29, 0.717) is 18.0 Å². The molecule has 0 saturated heterocycles. The highest BCUT2D eigenvalue weighted by molar-refractivity contribution is 5.74. The molecule has 0 aliphatic rings. The zero-order valence-electron chi connectivity index (χ0n) is 7.34. The summed E-state index contributed by atoms with van der Waals surface area (Å²) in [6.07, 6.45) is 1.93. The van der Waals surface area contributed by atoms with Crippen LogP contribution in [0.1, 0.15) is 13.8 Å². The van der Waals surface area contributed by atoms with Gasteiger partial charge in [-0.15, -0.1) is 5.01 Å². The third-order valence-corrected chi connectivity index (χ3v) is 1.08. The number of carbonyl (C=O) groups excluding carboxylic acids is 2. The van der Waals surface area contributed by atoms with Gasteiger partial charge in [0.15, 0.2) is 0 Å². The summed E-state index contributed by atoms with van der Waals surface area (Å²) in [5.41, 5.74) is 0. The van der Waals surface area contributed by atoms with Crippen molar-refractivity contribution in [1.82, 2.24) is 10.0 Å². The molecule has 0 bridgehead atoms. The summed E-state index contributed by atoms with van der Waals surface area (Å²) in [7, 11) is 0. The minimum absolute atomic E-state index is 0.324. The van der Waals surface area contributed by atoms with E-state index in [1.54, 1.807) is 6.92 Å². The molecule has 13 heavy (non-hydrogen) atoms. The Bertz CT molecular complexity index is 256. The number of rotatable bonds is 4. The van der Waals surface area contributed by atoms with Crippen molar-refractivity contribution in [2.75, 3.05) is 6.54 Å². The summed E-state index contributed by atoms with van der Waals surface area (Å²) in [4.78, 5) is 20.8. The molecule has 0 rings (SSSR count). The number of carbonyl (C=O) groups is 2. The van der Waals surface area contributed by atoms with Crippen LogP contribution in [0.5, 0.6) is 0 Å². The average Bonchev–Trinajstić information content (AvgIpc) is 2.12. The zero-order chi connectivity index (χ0) is 10.3. The van der Waals surface area contributed by atoms with Crippen molar-refractivity contribution < 1.29 is 9.59 Å². The molecule has 0 heterocycles. The van der Waals surface area contributed by atoms with E-state index in [1.165, 1.54) is 13.1 Å². The molecule has 7 heteroatoms. The van der Waals surface area contributed by atoms with Crippen molar-refractivity contribution in [3.05, 3.63) is 0 Å². The zero-order valence-corrected chi connectivity index (χ0v) is 7.34. The first-order valence-corrected chi connectivity index (χ1v) is 3.49. The molecule has 0 fully saturated rings. The van der Waals surface area contributed by atoms with Gasteiger partial charge in [-0.2, -0.15) is 5.26 Å². The van der Waals surface area contributed by atoms with Gasteiger partial charge in [-0.1, -0.05) is 0 Å². The molecule has 7 nitrogen and oxygen atoms in total. The predicted molar refractivity (Wildman–Crippen MR) is 41.4 cm³/mol. The van der Waals surface area contributed by atoms with Crippen LogP contribution < -0.4 is 0 Å². The molecule has 0 N–H and O–H groups in total. The molecular weight excluding hydrogens is 174 g/mol. The van der Waals surface area contributed by atoms with Gasteiger partial charge in [0.05, 0.1) is 0 Å². The number of amides is 2. The van der Waals surface area contributed by atoms with Crippen molar-refractivity contribution in [2.45, 2.75) is 13.8 Å². The van der Waals surface area contributed by atoms with E-state index in [1.807, 2.05) is 0 Å². The Kier molecular flexibility index (Phi) is 4.79. The van der Waals surface area contributed by atoms with Crippen LogP contribution in [0.15, 0.2) is 10.4 Å². The minimum atomic E-state index is -0.562. The lowest BCUT2D eigenvalue weighted by Crippen LogP contribution is -2.19. The molecule has 70 valence electrons. The fourth-order valence-corrected chi connectivity index (χ4v) is 0.404. The third kappa shape index (κ3) is 3.81. The second-order valence-corrected chi connectivity index (χ2v) is 1.97. The number of hydrogen-bond donors (Lipinski definition) is 0. The van der Waals surface area contributed by atoms with Crippen molar-refractivity contribution >= 4 is 12.3 Å². The van der Waals surface area contributed by atoms with Gasteiger partial charge in [-0.05, 0) is 17.4 Å². The first kappa shape index (κ1) is 11.0. The molecule has 0 spiro atoms. The van der Waals surface area contributed by atoms with Gasteiger partial charge < -0.3 is 0 Å². The standard InChI is InChI=1S/C6H9N5O2/c1-3-10(5-12)8-9-11(4-7)6(2)13/h5H,3H2,1-2H3. The van der Waals surface area contributed by atoms with Crippen molar-refractivity contribution in [3.8, 4) is 6.19 Å². The Balaban J connectivity index is 4.31. The van der Waals surface area contributed by atoms with Crippen LogP contribution in [-0.4, -0.2) is 28.9 Å². The summed E-state index contributed by atoms with van der Waals surface area (Å²) in [6.45, 7) is 3.17. The van der Waals surface area contributed by atoms with E-state index in [-0.39, 0.29) is 0 Å². The number of nitrogens with zero attached hydrogens (tertiary/aromatic N) is 5. The lowest BCUT2D eigenvalue weighted by molar-refractivity contribution is -0.127. The van der Waals surface area contributed by atoms with Crippen LogP contribution in [-0.2, 0) is 9.59 Å². The molecule has 0 radical (unpaired) electrons. The van der Waals surface area contributed by atoms with Crippen LogP contribution in [0.25, 0.3) is 0 Å². The SMILES string of the molecule is CCN(C=O)N=NN(C#N)C(C)=O. The van der Waals surface area contributed by atoms with Crippen molar-refractivity contribution in [3.63, 3.8) is 0 Å². The summed E-state index contributed by atoms with van der Waals surface area (Å²) in [5.74, 6) is -0.562. The molecule has 0 aromatic carbocycles. The van der Waals surface area contributed by atoms with E-state index >= 15 is 0 Å². The fourth-order valence-electron chi connectivity index (χ4n) is 0.404. The van der Waals surface area contributed by atoms with E-state index in [0.717, 1.165) is 5.01 Å². The summed E-state index contributed by atoms with van der Waals surface area (Å²) < 4.78 is 0. The molecule has 0 aromatic rings. The molecule has 0 aromatic heterocycles. The molecule has 2 amide bonds. The van der Waals surface area contributed by atoms with Crippen molar-refractivity contribution in [2.24, 2.45) is 10.4 Å². The monoisotopic (exact) mass is 183 g/mol. The van der Waals surface area contributed by atoms with E-state index in [2.05, 4.69) is 10.4 Å².